The van der Waals surface area contributed by atoms with Crippen molar-refractivity contribution < 1.29 is 14.7 Å². The maximum Gasteiger partial charge on any atom is 0.337 e. The van der Waals surface area contributed by atoms with E-state index < -0.39 is 5.97 Å². The zero-order chi connectivity index (χ0) is 10.3. The molecule has 0 atom stereocenters. The number of carboxylic acid groups (broad SMARTS) is 1. The van der Waals surface area contributed by atoms with Gasteiger partial charge in [-0.15, -0.1) is 0 Å². The number of carboxylic acids is 1. The fourth-order valence-corrected chi connectivity index (χ4v) is 1.71. The number of fused-ring (bicyclic) bond motifs is 1. The van der Waals surface area contributed by atoms with E-state index in [0.717, 1.165) is 0 Å². The van der Waals surface area contributed by atoms with Crippen LogP contribution in [0.5, 0.6) is 0 Å². The van der Waals surface area contributed by atoms with Crippen LogP contribution in [0.4, 0.5) is 0 Å². The van der Waals surface area contributed by atoms with Crippen LogP contribution in [0.3, 0.4) is 0 Å². The minimum Gasteiger partial charge on any atom is -0.478 e. The summed E-state index contributed by atoms with van der Waals surface area (Å²) in [6.45, 7) is 2.91. The summed E-state index contributed by atoms with van der Waals surface area (Å²) in [5, 5.41) is 11.5. The van der Waals surface area contributed by atoms with Gasteiger partial charge in [-0.1, -0.05) is 0 Å². The Hall–Kier alpha value is -1.78. The molecule has 0 spiro atoms. The first-order valence-electron chi connectivity index (χ1n) is 4.33. The van der Waals surface area contributed by atoms with Gasteiger partial charge in [-0.3, -0.25) is 4.79 Å². The van der Waals surface area contributed by atoms with Crippen LogP contribution in [0.25, 0.3) is 0 Å². The van der Waals surface area contributed by atoms with Gasteiger partial charge in [0.05, 0.1) is 5.56 Å². The zero-order valence-corrected chi connectivity index (χ0v) is 7.70. The molecule has 0 aliphatic carbocycles. The molecule has 0 unspecified atom stereocenters. The number of carbonyl (C=O) groups excluding carboxylic acids is 1. The largest absolute Gasteiger partial charge is 0.478 e. The lowest BCUT2D eigenvalue weighted by Gasteiger charge is -2.16. The Labute approximate surface area is 80.3 Å². The second-order valence-corrected chi connectivity index (χ2v) is 3.24. The van der Waals surface area contributed by atoms with Crippen LogP contribution in [0.15, 0.2) is 6.07 Å². The summed E-state index contributed by atoms with van der Waals surface area (Å²) in [7, 11) is 0. The molecule has 1 aromatic heterocycles. The average Bonchev–Trinajstić information content (AvgIpc) is 2.46. The molecular formula is C9H10N2O3. The van der Waals surface area contributed by atoms with Gasteiger partial charge < -0.3 is 15.0 Å². The van der Waals surface area contributed by atoms with Crippen LogP contribution in [0, 0.1) is 6.92 Å². The Morgan fingerprint density at radius 1 is 1.64 bits per heavy atom. The first-order valence-corrected chi connectivity index (χ1v) is 4.33. The highest BCUT2D eigenvalue weighted by Crippen LogP contribution is 2.17. The molecule has 0 radical (unpaired) electrons. The Kier molecular flexibility index (Phi) is 1.80. The molecule has 0 fully saturated rings. The first-order chi connectivity index (χ1) is 6.61. The highest BCUT2D eigenvalue weighted by Gasteiger charge is 2.23. The molecule has 14 heavy (non-hydrogen) atoms. The van der Waals surface area contributed by atoms with Gasteiger partial charge in [0.2, 0.25) is 0 Å². The van der Waals surface area contributed by atoms with Gasteiger partial charge >= 0.3 is 5.97 Å². The molecule has 0 saturated heterocycles. The predicted molar refractivity (Wildman–Crippen MR) is 48.5 cm³/mol. The number of aromatic carboxylic acids is 1. The Balaban J connectivity index is 2.59. The molecule has 74 valence electrons. The topological polar surface area (TPSA) is 71.3 Å². The standard InChI is InChI=1S/C9H10N2O3/c1-5-6(9(13)14)4-7-8(12)10-2-3-11(5)7/h4H,2-3H2,1H3,(H,10,12)(H,13,14). The van der Waals surface area contributed by atoms with Crippen molar-refractivity contribution in [3.05, 3.63) is 23.0 Å². The molecule has 1 aliphatic heterocycles. The zero-order valence-electron chi connectivity index (χ0n) is 7.70. The minimum atomic E-state index is -0.989. The Morgan fingerprint density at radius 2 is 2.36 bits per heavy atom. The third kappa shape index (κ3) is 1.09. The molecule has 2 rings (SSSR count). The lowest BCUT2D eigenvalue weighted by atomic mass is 10.2. The Morgan fingerprint density at radius 3 is 2.93 bits per heavy atom. The van der Waals surface area contributed by atoms with Gasteiger partial charge in [0, 0.05) is 18.8 Å². The van der Waals surface area contributed by atoms with Crippen LogP contribution in [0.2, 0.25) is 0 Å². The molecule has 0 saturated carbocycles. The first kappa shape index (κ1) is 8.80. The van der Waals surface area contributed by atoms with Crippen LogP contribution in [0.1, 0.15) is 26.5 Å². The van der Waals surface area contributed by atoms with E-state index in [2.05, 4.69) is 5.32 Å². The molecule has 2 N–H and O–H groups in total. The molecule has 0 bridgehead atoms. The molecular weight excluding hydrogens is 184 g/mol. The van der Waals surface area contributed by atoms with Gasteiger partial charge in [0.1, 0.15) is 5.69 Å². The summed E-state index contributed by atoms with van der Waals surface area (Å²) in [5.74, 6) is -1.19. The molecule has 5 nitrogen and oxygen atoms in total. The smallest absolute Gasteiger partial charge is 0.337 e. The van der Waals surface area contributed by atoms with Gasteiger partial charge in [0.25, 0.3) is 5.91 Å². The van der Waals surface area contributed by atoms with Crippen LogP contribution >= 0.6 is 0 Å². The van der Waals surface area contributed by atoms with E-state index in [1.807, 2.05) is 0 Å². The minimum absolute atomic E-state index is 0.202. The number of carbonyl (C=O) groups is 2. The monoisotopic (exact) mass is 194 g/mol. The summed E-state index contributed by atoms with van der Waals surface area (Å²) in [5.41, 5.74) is 1.28. The van der Waals surface area contributed by atoms with E-state index in [4.69, 9.17) is 5.11 Å². The third-order valence-electron chi connectivity index (χ3n) is 2.45. The molecule has 1 aliphatic rings. The SMILES string of the molecule is Cc1c(C(=O)O)cc2n1CCNC2=O. The third-order valence-corrected chi connectivity index (χ3v) is 2.45. The average molecular weight is 194 g/mol. The maximum atomic E-state index is 11.3. The van der Waals surface area contributed by atoms with Gasteiger partial charge in [-0.05, 0) is 13.0 Å². The van der Waals surface area contributed by atoms with Crippen molar-refractivity contribution in [3.63, 3.8) is 0 Å². The number of aromatic nitrogens is 1. The fraction of sp³-hybridized carbons (Fsp3) is 0.333. The van der Waals surface area contributed by atoms with E-state index in [0.29, 0.717) is 24.5 Å². The van der Waals surface area contributed by atoms with Crippen molar-refractivity contribution in [2.24, 2.45) is 0 Å². The lowest BCUT2D eigenvalue weighted by molar-refractivity contribution is 0.0695. The number of nitrogens with one attached hydrogen (secondary N) is 1. The summed E-state index contributed by atoms with van der Waals surface area (Å²) < 4.78 is 1.74. The molecule has 2 heterocycles. The molecule has 5 heteroatoms. The van der Waals surface area contributed by atoms with E-state index in [-0.39, 0.29) is 11.5 Å². The number of hydrogen-bond acceptors (Lipinski definition) is 2. The van der Waals surface area contributed by atoms with Crippen molar-refractivity contribution in [3.8, 4) is 0 Å². The van der Waals surface area contributed by atoms with E-state index in [1.165, 1.54) is 6.07 Å². The highest BCUT2D eigenvalue weighted by molar-refractivity contribution is 5.98. The lowest BCUT2D eigenvalue weighted by Crippen LogP contribution is -2.35. The van der Waals surface area contributed by atoms with E-state index in [9.17, 15) is 9.59 Å². The van der Waals surface area contributed by atoms with Gasteiger partial charge in [-0.2, -0.15) is 0 Å². The van der Waals surface area contributed by atoms with E-state index in [1.54, 1.807) is 11.5 Å². The Bertz CT molecular complexity index is 420. The molecule has 0 aromatic carbocycles. The number of rotatable bonds is 1. The summed E-state index contributed by atoms with van der Waals surface area (Å²) in [6, 6.07) is 1.42. The predicted octanol–water partition coefficient (Wildman–Crippen LogP) is 0.238. The summed E-state index contributed by atoms with van der Waals surface area (Å²) in [4.78, 5) is 22.1. The second kappa shape index (κ2) is 2.87. The quantitative estimate of drug-likeness (QED) is 0.672. The van der Waals surface area contributed by atoms with E-state index >= 15 is 0 Å². The van der Waals surface area contributed by atoms with Crippen LogP contribution in [-0.2, 0) is 6.54 Å². The number of hydrogen-bond donors (Lipinski definition) is 2. The van der Waals surface area contributed by atoms with Gasteiger partial charge in [0.15, 0.2) is 0 Å². The number of nitrogens with zero attached hydrogens (tertiary/aromatic N) is 1. The highest BCUT2D eigenvalue weighted by atomic mass is 16.4. The second-order valence-electron chi connectivity index (χ2n) is 3.24. The van der Waals surface area contributed by atoms with Crippen molar-refractivity contribution in [1.82, 2.24) is 9.88 Å². The normalized spacial score (nSPS) is 14.8. The summed E-state index contributed by atoms with van der Waals surface area (Å²) >= 11 is 0. The number of amides is 1. The molecule has 1 amide bonds. The fourth-order valence-electron chi connectivity index (χ4n) is 1.71. The van der Waals surface area contributed by atoms with Crippen molar-refractivity contribution in [2.45, 2.75) is 13.5 Å². The molecule has 1 aromatic rings. The maximum absolute atomic E-state index is 11.3. The van der Waals surface area contributed by atoms with Crippen molar-refractivity contribution in [2.75, 3.05) is 6.54 Å². The van der Waals surface area contributed by atoms with Gasteiger partial charge in [-0.25, -0.2) is 4.79 Å². The van der Waals surface area contributed by atoms with Crippen LogP contribution in [-0.4, -0.2) is 28.1 Å². The van der Waals surface area contributed by atoms with Crippen molar-refractivity contribution in [1.29, 1.82) is 0 Å². The summed E-state index contributed by atoms with van der Waals surface area (Å²) in [6.07, 6.45) is 0. The van der Waals surface area contributed by atoms with Crippen molar-refractivity contribution >= 4 is 11.9 Å². The van der Waals surface area contributed by atoms with Crippen LogP contribution < -0.4 is 5.32 Å².